The van der Waals surface area contributed by atoms with Crippen LogP contribution in [0.25, 0.3) is 5.69 Å². The van der Waals surface area contributed by atoms with Crippen LogP contribution in [-0.2, 0) is 11.3 Å². The molecule has 4 rings (SSSR count). The lowest BCUT2D eigenvalue weighted by molar-refractivity contribution is -0.129. The van der Waals surface area contributed by atoms with Crippen molar-refractivity contribution >= 4 is 23.5 Å². The molecule has 7 heteroatoms. The summed E-state index contributed by atoms with van der Waals surface area (Å²) in [5.41, 5.74) is 3.21. The topological polar surface area (TPSA) is 44.6 Å². The van der Waals surface area contributed by atoms with Gasteiger partial charge in [-0.2, -0.15) is 5.10 Å². The lowest BCUT2D eigenvalue weighted by Crippen LogP contribution is -2.47. The predicted octanol–water partition coefficient (Wildman–Crippen LogP) is 4.85. The molecule has 1 aliphatic rings. The first kappa shape index (κ1) is 25.3. The number of para-hydroxylation sites is 1. The molecule has 0 N–H and O–H groups in total. The van der Waals surface area contributed by atoms with Gasteiger partial charge >= 0.3 is 0 Å². The third kappa shape index (κ3) is 6.27. The van der Waals surface area contributed by atoms with Crippen LogP contribution >= 0.6 is 11.8 Å². The van der Waals surface area contributed by atoms with E-state index >= 15 is 0 Å². The molecule has 0 radical (unpaired) electrons. The van der Waals surface area contributed by atoms with Gasteiger partial charge in [0.15, 0.2) is 0 Å². The Morgan fingerprint density at radius 2 is 1.63 bits per heavy atom. The van der Waals surface area contributed by atoms with Crippen LogP contribution in [0, 0.1) is 6.92 Å². The zero-order valence-corrected chi connectivity index (χ0v) is 22.0. The molecule has 1 aliphatic heterocycles. The fourth-order valence-corrected chi connectivity index (χ4v) is 5.41. The Balaban J connectivity index is 1.61. The highest BCUT2D eigenvalue weighted by Gasteiger charge is 2.27. The quantitative estimate of drug-likeness (QED) is 0.379. The van der Waals surface area contributed by atoms with E-state index in [4.69, 9.17) is 5.10 Å². The minimum absolute atomic E-state index is 0.175. The molecule has 6 nitrogen and oxygen atoms in total. The van der Waals surface area contributed by atoms with Crippen molar-refractivity contribution in [2.75, 3.05) is 49.9 Å². The molecule has 0 atom stereocenters. The van der Waals surface area contributed by atoms with Crippen molar-refractivity contribution in [2.45, 2.75) is 38.6 Å². The summed E-state index contributed by atoms with van der Waals surface area (Å²) >= 11 is 1.61. The number of likely N-dealkylation sites (N-methyl/N-ethyl adjacent to an activating group) is 1. The normalized spacial score (nSPS) is 14.3. The molecule has 0 saturated carbocycles. The lowest BCUT2D eigenvalue weighted by atomic mass is 10.2. The van der Waals surface area contributed by atoms with Crippen LogP contribution in [0.1, 0.15) is 31.5 Å². The first-order chi connectivity index (χ1) is 17.1. The Hall–Kier alpha value is -2.77. The predicted molar refractivity (Wildman–Crippen MR) is 146 cm³/mol. The Morgan fingerprint density at radius 1 is 0.971 bits per heavy atom. The SMILES string of the molecule is CCCN(Cc1c(C)nn(-c2ccccc2)c1N1CCN(CC)CC1)C(=O)CSc1ccccc1. The summed E-state index contributed by atoms with van der Waals surface area (Å²) in [7, 11) is 0. The van der Waals surface area contributed by atoms with Crippen molar-refractivity contribution < 1.29 is 4.79 Å². The van der Waals surface area contributed by atoms with E-state index in [1.54, 1.807) is 11.8 Å². The van der Waals surface area contributed by atoms with Crippen molar-refractivity contribution in [3.63, 3.8) is 0 Å². The molecule has 1 fully saturated rings. The molecule has 1 saturated heterocycles. The van der Waals surface area contributed by atoms with E-state index < -0.39 is 0 Å². The number of aromatic nitrogens is 2. The zero-order valence-electron chi connectivity index (χ0n) is 21.2. The van der Waals surface area contributed by atoms with Crippen LogP contribution in [0.4, 0.5) is 5.82 Å². The zero-order chi connectivity index (χ0) is 24.6. The second-order valence-corrected chi connectivity index (χ2v) is 10.0. The number of carbonyl (C=O) groups is 1. The molecule has 3 aromatic rings. The lowest BCUT2D eigenvalue weighted by Gasteiger charge is -2.36. The largest absolute Gasteiger partial charge is 0.354 e. The van der Waals surface area contributed by atoms with Gasteiger partial charge in [-0.25, -0.2) is 4.68 Å². The van der Waals surface area contributed by atoms with E-state index in [1.807, 2.05) is 29.2 Å². The van der Waals surface area contributed by atoms with E-state index in [1.165, 1.54) is 0 Å². The molecule has 2 heterocycles. The maximum absolute atomic E-state index is 13.3. The average molecular weight is 492 g/mol. The van der Waals surface area contributed by atoms with E-state index in [0.717, 1.165) is 73.3 Å². The first-order valence-corrected chi connectivity index (χ1v) is 13.7. The monoisotopic (exact) mass is 491 g/mol. The van der Waals surface area contributed by atoms with Gasteiger partial charge < -0.3 is 14.7 Å². The third-order valence-corrected chi connectivity index (χ3v) is 7.57. The molecule has 0 aliphatic carbocycles. The fraction of sp³-hybridized carbons (Fsp3) is 0.429. The molecule has 186 valence electrons. The van der Waals surface area contributed by atoms with Gasteiger partial charge in [0.1, 0.15) is 5.82 Å². The number of hydrogen-bond donors (Lipinski definition) is 0. The van der Waals surface area contributed by atoms with Gasteiger partial charge in [0.25, 0.3) is 0 Å². The van der Waals surface area contributed by atoms with Gasteiger partial charge in [-0.15, -0.1) is 11.8 Å². The summed E-state index contributed by atoms with van der Waals surface area (Å²) in [6.45, 7) is 12.9. The van der Waals surface area contributed by atoms with Gasteiger partial charge in [0.05, 0.1) is 23.7 Å². The van der Waals surface area contributed by atoms with Gasteiger partial charge in [-0.05, 0) is 44.2 Å². The third-order valence-electron chi connectivity index (χ3n) is 6.58. The van der Waals surface area contributed by atoms with Crippen LogP contribution < -0.4 is 4.90 Å². The fourth-order valence-electron chi connectivity index (χ4n) is 4.59. The second-order valence-electron chi connectivity index (χ2n) is 8.97. The number of hydrogen-bond acceptors (Lipinski definition) is 5. The number of piperazine rings is 1. The number of nitrogens with zero attached hydrogens (tertiary/aromatic N) is 5. The number of amides is 1. The summed E-state index contributed by atoms with van der Waals surface area (Å²) in [4.78, 5) is 21.4. The minimum atomic E-state index is 0.175. The molecule has 0 unspecified atom stereocenters. The summed E-state index contributed by atoms with van der Waals surface area (Å²) in [5.74, 6) is 1.75. The number of benzene rings is 2. The van der Waals surface area contributed by atoms with E-state index in [2.05, 4.69) is 71.7 Å². The maximum Gasteiger partial charge on any atom is 0.233 e. The van der Waals surface area contributed by atoms with Gasteiger partial charge in [-0.1, -0.05) is 50.2 Å². The highest BCUT2D eigenvalue weighted by atomic mass is 32.2. The standard InChI is InChI=1S/C28H37N5OS/c1-4-16-32(27(34)22-35-25-14-10-7-11-15-25)21-26-23(3)29-33(24-12-8-6-9-13-24)28(26)31-19-17-30(5-2)18-20-31/h6-15H,4-5,16-22H2,1-3H3. The van der Waals surface area contributed by atoms with Gasteiger partial charge in [-0.3, -0.25) is 4.79 Å². The molecule has 0 bridgehead atoms. The number of aryl methyl sites for hydroxylation is 1. The molecule has 35 heavy (non-hydrogen) atoms. The number of carbonyl (C=O) groups excluding carboxylic acids is 1. The van der Waals surface area contributed by atoms with Crippen molar-refractivity contribution in [2.24, 2.45) is 0 Å². The second kappa shape index (κ2) is 12.3. The molecule has 2 aromatic carbocycles. The van der Waals surface area contributed by atoms with Crippen molar-refractivity contribution in [1.82, 2.24) is 19.6 Å². The van der Waals surface area contributed by atoms with Crippen LogP contribution in [0.15, 0.2) is 65.6 Å². The van der Waals surface area contributed by atoms with Crippen molar-refractivity contribution in [3.05, 3.63) is 71.9 Å². The maximum atomic E-state index is 13.3. The van der Waals surface area contributed by atoms with E-state index in [-0.39, 0.29) is 5.91 Å². The van der Waals surface area contributed by atoms with E-state index in [9.17, 15) is 4.79 Å². The Kier molecular flexibility index (Phi) is 8.88. The van der Waals surface area contributed by atoms with Crippen molar-refractivity contribution in [3.8, 4) is 5.69 Å². The van der Waals surface area contributed by atoms with Gasteiger partial charge in [0.2, 0.25) is 5.91 Å². The van der Waals surface area contributed by atoms with Crippen molar-refractivity contribution in [1.29, 1.82) is 0 Å². The summed E-state index contributed by atoms with van der Waals surface area (Å²) in [6.07, 6.45) is 0.929. The molecular formula is C28H37N5OS. The minimum Gasteiger partial charge on any atom is -0.354 e. The number of rotatable bonds is 10. The summed E-state index contributed by atoms with van der Waals surface area (Å²) in [5, 5.41) is 4.98. The molecule has 1 amide bonds. The molecule has 0 spiro atoms. The Labute approximate surface area is 213 Å². The summed E-state index contributed by atoms with van der Waals surface area (Å²) in [6, 6.07) is 20.5. The average Bonchev–Trinajstić information content (AvgIpc) is 3.23. The van der Waals surface area contributed by atoms with Gasteiger partial charge in [0, 0.05) is 43.2 Å². The number of thioether (sulfide) groups is 1. The Bertz CT molecular complexity index is 1080. The highest BCUT2D eigenvalue weighted by molar-refractivity contribution is 8.00. The van der Waals surface area contributed by atoms with Crippen LogP contribution in [0.3, 0.4) is 0 Å². The molecular weight excluding hydrogens is 454 g/mol. The first-order valence-electron chi connectivity index (χ1n) is 12.7. The smallest absolute Gasteiger partial charge is 0.233 e. The van der Waals surface area contributed by atoms with Crippen LogP contribution in [0.2, 0.25) is 0 Å². The van der Waals surface area contributed by atoms with Crippen LogP contribution in [-0.4, -0.2) is 70.5 Å². The summed E-state index contributed by atoms with van der Waals surface area (Å²) < 4.78 is 2.08. The highest BCUT2D eigenvalue weighted by Crippen LogP contribution is 2.30. The van der Waals surface area contributed by atoms with E-state index in [0.29, 0.717) is 12.3 Å². The Morgan fingerprint density at radius 3 is 2.26 bits per heavy atom. The number of anilines is 1. The molecule has 1 aromatic heterocycles. The van der Waals surface area contributed by atoms with Crippen LogP contribution in [0.5, 0.6) is 0 Å².